The third-order valence-electron chi connectivity index (χ3n) is 3.78. The lowest BCUT2D eigenvalue weighted by Gasteiger charge is -2.27. The molecule has 0 radical (unpaired) electrons. The number of carbonyl (C=O) groups is 1. The molecule has 0 atom stereocenters. The molecule has 1 amide bonds. The third-order valence-corrected chi connectivity index (χ3v) is 4.01. The summed E-state index contributed by atoms with van der Waals surface area (Å²) in [6, 6.07) is 5.32. The average molecular weight is 326 g/mol. The molecule has 0 saturated carbocycles. The zero-order chi connectivity index (χ0) is 15.8. The van der Waals surface area contributed by atoms with E-state index in [1.165, 1.54) is 0 Å². The van der Waals surface area contributed by atoms with E-state index in [2.05, 4.69) is 15.5 Å². The van der Waals surface area contributed by atoms with E-state index in [-0.39, 0.29) is 12.3 Å². The molecule has 2 rings (SSSR count). The van der Waals surface area contributed by atoms with Crippen LogP contribution in [0.5, 0.6) is 5.75 Å². The van der Waals surface area contributed by atoms with Crippen LogP contribution >= 0.6 is 11.6 Å². The van der Waals surface area contributed by atoms with E-state index in [0.717, 1.165) is 44.7 Å². The van der Waals surface area contributed by atoms with Crippen LogP contribution in [0.1, 0.15) is 12.0 Å². The van der Waals surface area contributed by atoms with Crippen LogP contribution in [0.15, 0.2) is 18.2 Å². The first-order valence-electron chi connectivity index (χ1n) is 7.71. The number of methoxy groups -OCH3 is 1. The van der Waals surface area contributed by atoms with Crippen LogP contribution in [-0.4, -0.2) is 57.2 Å². The van der Waals surface area contributed by atoms with Gasteiger partial charge in [-0.3, -0.25) is 4.79 Å². The van der Waals surface area contributed by atoms with Crippen molar-refractivity contribution in [1.82, 2.24) is 15.5 Å². The molecule has 1 heterocycles. The number of nitrogens with one attached hydrogen (secondary N) is 2. The molecular weight excluding hydrogens is 302 g/mol. The van der Waals surface area contributed by atoms with Crippen molar-refractivity contribution in [2.75, 3.05) is 46.4 Å². The molecule has 1 aromatic carbocycles. The highest BCUT2D eigenvalue weighted by atomic mass is 35.5. The summed E-state index contributed by atoms with van der Waals surface area (Å²) in [5.41, 5.74) is 0.814. The largest absolute Gasteiger partial charge is 0.496 e. The number of carbonyl (C=O) groups excluding carboxylic acids is 1. The number of amides is 1. The Morgan fingerprint density at radius 2 is 2.18 bits per heavy atom. The first-order chi connectivity index (χ1) is 10.7. The van der Waals surface area contributed by atoms with Crippen LogP contribution in [-0.2, 0) is 11.2 Å². The topological polar surface area (TPSA) is 53.6 Å². The van der Waals surface area contributed by atoms with Gasteiger partial charge in [-0.2, -0.15) is 0 Å². The number of benzene rings is 1. The number of nitrogens with zero attached hydrogens (tertiary/aromatic N) is 1. The molecule has 5 nitrogen and oxygen atoms in total. The Morgan fingerprint density at radius 3 is 2.91 bits per heavy atom. The van der Waals surface area contributed by atoms with Gasteiger partial charge in [-0.05, 0) is 31.2 Å². The Labute approximate surface area is 137 Å². The Kier molecular flexibility index (Phi) is 6.96. The van der Waals surface area contributed by atoms with E-state index in [4.69, 9.17) is 16.3 Å². The predicted octanol–water partition coefficient (Wildman–Crippen LogP) is 1.30. The van der Waals surface area contributed by atoms with Gasteiger partial charge in [0.1, 0.15) is 5.75 Å². The van der Waals surface area contributed by atoms with Crippen molar-refractivity contribution in [3.05, 3.63) is 28.8 Å². The summed E-state index contributed by atoms with van der Waals surface area (Å²) in [4.78, 5) is 14.4. The number of piperazine rings is 1. The van der Waals surface area contributed by atoms with Gasteiger partial charge in [-0.15, -0.1) is 0 Å². The van der Waals surface area contributed by atoms with E-state index in [1.54, 1.807) is 25.3 Å². The van der Waals surface area contributed by atoms with Crippen molar-refractivity contribution in [1.29, 1.82) is 0 Å². The van der Waals surface area contributed by atoms with Crippen LogP contribution < -0.4 is 15.4 Å². The second kappa shape index (κ2) is 8.98. The summed E-state index contributed by atoms with van der Waals surface area (Å²) < 4.78 is 5.25. The highest BCUT2D eigenvalue weighted by molar-refractivity contribution is 6.30. The maximum Gasteiger partial charge on any atom is 0.224 e. The molecule has 0 unspecified atom stereocenters. The molecule has 1 aromatic rings. The minimum Gasteiger partial charge on any atom is -0.496 e. The Bertz CT molecular complexity index is 490. The second-order valence-electron chi connectivity index (χ2n) is 5.43. The van der Waals surface area contributed by atoms with Crippen molar-refractivity contribution in [3.8, 4) is 5.75 Å². The molecule has 1 fully saturated rings. The zero-order valence-corrected chi connectivity index (χ0v) is 13.8. The van der Waals surface area contributed by atoms with Gasteiger partial charge in [-0.1, -0.05) is 11.6 Å². The number of rotatable bonds is 7. The number of ether oxygens (including phenoxy) is 1. The van der Waals surface area contributed by atoms with Gasteiger partial charge in [0, 0.05) is 43.3 Å². The summed E-state index contributed by atoms with van der Waals surface area (Å²) in [7, 11) is 1.60. The van der Waals surface area contributed by atoms with E-state index in [9.17, 15) is 4.79 Å². The van der Waals surface area contributed by atoms with Crippen molar-refractivity contribution in [3.63, 3.8) is 0 Å². The molecule has 0 aromatic heterocycles. The lowest BCUT2D eigenvalue weighted by atomic mass is 10.1. The van der Waals surface area contributed by atoms with Gasteiger partial charge >= 0.3 is 0 Å². The standard InChI is InChI=1S/C16H24ClN3O2/c1-22-15-4-3-14(17)11-13(15)12-16(21)19-5-2-8-20-9-6-18-7-10-20/h3-4,11,18H,2,5-10,12H2,1H3,(H,19,21). The summed E-state index contributed by atoms with van der Waals surface area (Å²) in [5.74, 6) is 0.696. The van der Waals surface area contributed by atoms with Crippen molar-refractivity contribution in [2.24, 2.45) is 0 Å². The lowest BCUT2D eigenvalue weighted by molar-refractivity contribution is -0.120. The maximum atomic E-state index is 12.0. The first-order valence-corrected chi connectivity index (χ1v) is 8.09. The van der Waals surface area contributed by atoms with Gasteiger partial charge < -0.3 is 20.3 Å². The summed E-state index contributed by atoms with van der Waals surface area (Å²) in [6.07, 6.45) is 1.26. The maximum absolute atomic E-state index is 12.0. The van der Waals surface area contributed by atoms with Crippen LogP contribution in [0.2, 0.25) is 5.02 Å². The molecule has 0 bridgehead atoms. The van der Waals surface area contributed by atoms with Gasteiger partial charge in [0.15, 0.2) is 0 Å². The predicted molar refractivity (Wildman–Crippen MR) is 88.6 cm³/mol. The molecule has 6 heteroatoms. The van der Waals surface area contributed by atoms with Crippen LogP contribution in [0, 0.1) is 0 Å². The Balaban J connectivity index is 1.70. The lowest BCUT2D eigenvalue weighted by Crippen LogP contribution is -2.44. The van der Waals surface area contributed by atoms with Crippen molar-refractivity contribution in [2.45, 2.75) is 12.8 Å². The van der Waals surface area contributed by atoms with Gasteiger partial charge in [0.25, 0.3) is 0 Å². The zero-order valence-electron chi connectivity index (χ0n) is 13.0. The van der Waals surface area contributed by atoms with E-state index in [1.807, 2.05) is 0 Å². The average Bonchev–Trinajstić information content (AvgIpc) is 2.53. The van der Waals surface area contributed by atoms with E-state index in [0.29, 0.717) is 17.3 Å². The molecule has 1 aliphatic heterocycles. The molecule has 0 spiro atoms. The monoisotopic (exact) mass is 325 g/mol. The third kappa shape index (κ3) is 5.48. The minimum atomic E-state index is 0.000812. The fraction of sp³-hybridized carbons (Fsp3) is 0.562. The Hall–Kier alpha value is -1.30. The summed E-state index contributed by atoms with van der Waals surface area (Å²) in [6.45, 7) is 6.03. The molecule has 0 aliphatic carbocycles. The second-order valence-corrected chi connectivity index (χ2v) is 5.86. The highest BCUT2D eigenvalue weighted by Crippen LogP contribution is 2.22. The minimum absolute atomic E-state index is 0.000812. The SMILES string of the molecule is COc1ccc(Cl)cc1CC(=O)NCCCN1CCNCC1. The molecule has 1 saturated heterocycles. The fourth-order valence-electron chi connectivity index (χ4n) is 2.59. The normalized spacial score (nSPS) is 15.5. The van der Waals surface area contributed by atoms with Crippen molar-refractivity contribution >= 4 is 17.5 Å². The van der Waals surface area contributed by atoms with Crippen LogP contribution in [0.25, 0.3) is 0 Å². The molecule has 122 valence electrons. The van der Waals surface area contributed by atoms with E-state index >= 15 is 0 Å². The summed E-state index contributed by atoms with van der Waals surface area (Å²) >= 11 is 5.97. The van der Waals surface area contributed by atoms with Gasteiger partial charge in [0.2, 0.25) is 5.91 Å². The Morgan fingerprint density at radius 1 is 1.41 bits per heavy atom. The van der Waals surface area contributed by atoms with Crippen LogP contribution in [0.4, 0.5) is 0 Å². The number of hydrogen-bond donors (Lipinski definition) is 2. The molecular formula is C16H24ClN3O2. The quantitative estimate of drug-likeness (QED) is 0.742. The van der Waals surface area contributed by atoms with E-state index < -0.39 is 0 Å². The molecule has 22 heavy (non-hydrogen) atoms. The fourth-order valence-corrected chi connectivity index (χ4v) is 2.78. The molecule has 1 aliphatic rings. The first kappa shape index (κ1) is 17.1. The smallest absolute Gasteiger partial charge is 0.224 e. The number of hydrogen-bond acceptors (Lipinski definition) is 4. The highest BCUT2D eigenvalue weighted by Gasteiger charge is 2.11. The van der Waals surface area contributed by atoms with Crippen molar-refractivity contribution < 1.29 is 9.53 Å². The summed E-state index contributed by atoms with van der Waals surface area (Å²) in [5, 5.41) is 6.91. The molecule has 2 N–H and O–H groups in total. The van der Waals surface area contributed by atoms with Gasteiger partial charge in [-0.25, -0.2) is 0 Å². The van der Waals surface area contributed by atoms with Gasteiger partial charge in [0.05, 0.1) is 13.5 Å². The van der Waals surface area contributed by atoms with Crippen LogP contribution in [0.3, 0.4) is 0 Å². The number of halogens is 1.